The lowest BCUT2D eigenvalue weighted by molar-refractivity contribution is 0.0888. The van der Waals surface area contributed by atoms with Crippen LogP contribution >= 0.6 is 24.0 Å². The number of nitrogens with zero attached hydrogens (tertiary/aromatic N) is 3. The molecule has 1 atom stereocenters. The molecule has 2 N–H and O–H groups in total. The van der Waals surface area contributed by atoms with E-state index >= 15 is 0 Å². The first kappa shape index (κ1) is 24.5. The predicted octanol–water partition coefficient (Wildman–Crippen LogP) is 3.13. The number of rotatable bonds is 10. The second-order valence-electron chi connectivity index (χ2n) is 7.04. The standard InChI is InChI=1S/C21H30FN5O2.HI/c1-2-24-21(25-7-3-10-28-14-18-6-11-29-15-18)26-13-17-4-5-20(19(22)12-17)27-9-8-23-16-27;/h4-5,8-9,12,16,18H,2-3,6-7,10-11,13-15H2,1H3,(H2,24,25,26);1H. The van der Waals surface area contributed by atoms with Gasteiger partial charge in [0.2, 0.25) is 0 Å². The fourth-order valence-corrected chi connectivity index (χ4v) is 3.12. The second kappa shape index (κ2) is 13.6. The fourth-order valence-electron chi connectivity index (χ4n) is 3.12. The number of nitrogens with one attached hydrogen (secondary N) is 2. The summed E-state index contributed by atoms with van der Waals surface area (Å²) in [4.78, 5) is 8.50. The molecule has 0 radical (unpaired) electrons. The van der Waals surface area contributed by atoms with Crippen LogP contribution in [0, 0.1) is 11.7 Å². The number of benzene rings is 1. The average molecular weight is 531 g/mol. The van der Waals surface area contributed by atoms with Crippen LogP contribution in [-0.2, 0) is 16.0 Å². The van der Waals surface area contributed by atoms with Crippen molar-refractivity contribution in [1.29, 1.82) is 0 Å². The summed E-state index contributed by atoms with van der Waals surface area (Å²) in [5.74, 6) is 0.969. The van der Waals surface area contributed by atoms with Crippen LogP contribution in [0.2, 0.25) is 0 Å². The lowest BCUT2D eigenvalue weighted by atomic mass is 10.1. The Bertz CT molecular complexity index is 767. The Kier molecular flexibility index (Phi) is 11.1. The van der Waals surface area contributed by atoms with Crippen molar-refractivity contribution in [3.05, 3.63) is 48.3 Å². The lowest BCUT2D eigenvalue weighted by Gasteiger charge is -2.12. The molecule has 1 unspecified atom stereocenters. The molecular formula is C21H31FIN5O2. The highest BCUT2D eigenvalue weighted by molar-refractivity contribution is 14.0. The maximum absolute atomic E-state index is 14.4. The summed E-state index contributed by atoms with van der Waals surface area (Å²) in [5.41, 5.74) is 1.29. The Balaban J connectivity index is 0.00000320. The molecule has 0 spiro atoms. The predicted molar refractivity (Wildman–Crippen MR) is 126 cm³/mol. The van der Waals surface area contributed by atoms with Gasteiger partial charge in [-0.3, -0.25) is 0 Å². The Morgan fingerprint density at radius 1 is 1.40 bits per heavy atom. The molecule has 0 saturated carbocycles. The zero-order chi connectivity index (χ0) is 20.3. The number of imidazole rings is 1. The molecule has 1 aromatic carbocycles. The highest BCUT2D eigenvalue weighted by Crippen LogP contribution is 2.15. The number of hydrogen-bond donors (Lipinski definition) is 2. The molecule has 2 aromatic rings. The number of aliphatic imine (C=N–C) groups is 1. The quantitative estimate of drug-likeness (QED) is 0.214. The Morgan fingerprint density at radius 2 is 2.30 bits per heavy atom. The minimum atomic E-state index is -0.293. The monoisotopic (exact) mass is 531 g/mol. The third-order valence-corrected chi connectivity index (χ3v) is 4.69. The van der Waals surface area contributed by atoms with Gasteiger partial charge in [0, 0.05) is 44.6 Å². The summed E-state index contributed by atoms with van der Waals surface area (Å²) >= 11 is 0. The molecule has 166 valence electrons. The van der Waals surface area contributed by atoms with Gasteiger partial charge >= 0.3 is 0 Å². The fraction of sp³-hybridized carbons (Fsp3) is 0.524. The molecule has 0 amide bonds. The number of aromatic nitrogens is 2. The molecular weight excluding hydrogens is 500 g/mol. The summed E-state index contributed by atoms with van der Waals surface area (Å²) in [7, 11) is 0. The van der Waals surface area contributed by atoms with E-state index in [1.807, 2.05) is 13.0 Å². The lowest BCUT2D eigenvalue weighted by Crippen LogP contribution is -2.38. The molecule has 3 rings (SSSR count). The molecule has 2 heterocycles. The summed E-state index contributed by atoms with van der Waals surface area (Å²) in [6, 6.07) is 5.14. The first-order valence-corrected chi connectivity index (χ1v) is 10.2. The van der Waals surface area contributed by atoms with Crippen LogP contribution in [0.25, 0.3) is 5.69 Å². The van der Waals surface area contributed by atoms with Crippen LogP contribution in [0.3, 0.4) is 0 Å². The van der Waals surface area contributed by atoms with Crippen molar-refractivity contribution in [2.45, 2.75) is 26.3 Å². The molecule has 7 nitrogen and oxygen atoms in total. The van der Waals surface area contributed by atoms with Gasteiger partial charge in [0.15, 0.2) is 5.96 Å². The Morgan fingerprint density at radius 3 is 3.00 bits per heavy atom. The number of guanidine groups is 1. The third kappa shape index (κ3) is 7.84. The Hall–Kier alpha value is -1.72. The molecule has 0 bridgehead atoms. The van der Waals surface area contributed by atoms with Gasteiger partial charge in [0.25, 0.3) is 0 Å². The highest BCUT2D eigenvalue weighted by Gasteiger charge is 2.15. The summed E-state index contributed by atoms with van der Waals surface area (Å²) < 4.78 is 27.1. The summed E-state index contributed by atoms with van der Waals surface area (Å²) in [6.45, 7) is 7.10. The molecule has 1 aliphatic rings. The molecule has 9 heteroatoms. The van der Waals surface area contributed by atoms with E-state index in [-0.39, 0.29) is 29.8 Å². The van der Waals surface area contributed by atoms with Crippen LogP contribution in [-0.4, -0.2) is 55.0 Å². The first-order chi connectivity index (χ1) is 14.3. The van der Waals surface area contributed by atoms with Gasteiger partial charge in [0.1, 0.15) is 5.82 Å². The van der Waals surface area contributed by atoms with E-state index < -0.39 is 0 Å². The highest BCUT2D eigenvalue weighted by atomic mass is 127. The van der Waals surface area contributed by atoms with Crippen molar-refractivity contribution in [2.75, 3.05) is 39.5 Å². The molecule has 0 aliphatic carbocycles. The van der Waals surface area contributed by atoms with Crippen LogP contribution in [0.4, 0.5) is 4.39 Å². The van der Waals surface area contributed by atoms with Crippen LogP contribution in [0.15, 0.2) is 41.9 Å². The van der Waals surface area contributed by atoms with E-state index in [4.69, 9.17) is 9.47 Å². The van der Waals surface area contributed by atoms with Crippen molar-refractivity contribution in [2.24, 2.45) is 10.9 Å². The van der Waals surface area contributed by atoms with Crippen LogP contribution in [0.1, 0.15) is 25.3 Å². The van der Waals surface area contributed by atoms with Gasteiger partial charge in [-0.2, -0.15) is 0 Å². The van der Waals surface area contributed by atoms with E-state index in [1.165, 1.54) is 6.07 Å². The molecule has 1 aromatic heterocycles. The van der Waals surface area contributed by atoms with Crippen LogP contribution < -0.4 is 10.6 Å². The first-order valence-electron chi connectivity index (χ1n) is 10.2. The van der Waals surface area contributed by atoms with E-state index in [2.05, 4.69) is 20.6 Å². The van der Waals surface area contributed by atoms with E-state index in [1.54, 1.807) is 29.4 Å². The molecule has 1 fully saturated rings. The van der Waals surface area contributed by atoms with Crippen molar-refractivity contribution < 1.29 is 13.9 Å². The maximum Gasteiger partial charge on any atom is 0.191 e. The van der Waals surface area contributed by atoms with Gasteiger partial charge in [0.05, 0.1) is 31.8 Å². The van der Waals surface area contributed by atoms with Gasteiger partial charge in [-0.25, -0.2) is 14.4 Å². The van der Waals surface area contributed by atoms with Gasteiger partial charge in [-0.1, -0.05) is 6.07 Å². The Labute approximate surface area is 194 Å². The minimum Gasteiger partial charge on any atom is -0.381 e. The zero-order valence-electron chi connectivity index (χ0n) is 17.3. The molecule has 1 saturated heterocycles. The van der Waals surface area contributed by atoms with Crippen molar-refractivity contribution in [3.63, 3.8) is 0 Å². The van der Waals surface area contributed by atoms with Gasteiger partial charge in [-0.15, -0.1) is 24.0 Å². The second-order valence-corrected chi connectivity index (χ2v) is 7.04. The minimum absolute atomic E-state index is 0. The van der Waals surface area contributed by atoms with Crippen molar-refractivity contribution in [1.82, 2.24) is 20.2 Å². The molecule has 1 aliphatic heterocycles. The van der Waals surface area contributed by atoms with Crippen LogP contribution in [0.5, 0.6) is 0 Å². The largest absolute Gasteiger partial charge is 0.381 e. The zero-order valence-corrected chi connectivity index (χ0v) is 19.7. The number of halogens is 2. The smallest absolute Gasteiger partial charge is 0.191 e. The topological polar surface area (TPSA) is 72.7 Å². The SMILES string of the molecule is CCNC(=NCc1ccc(-n2ccnc2)c(F)c1)NCCCOCC1CCOC1.I. The normalized spacial score (nSPS) is 16.3. The van der Waals surface area contributed by atoms with Gasteiger partial charge < -0.3 is 24.7 Å². The third-order valence-electron chi connectivity index (χ3n) is 4.69. The summed E-state index contributed by atoms with van der Waals surface area (Å²) in [5, 5.41) is 6.51. The van der Waals surface area contributed by atoms with E-state index in [0.29, 0.717) is 24.8 Å². The van der Waals surface area contributed by atoms with Crippen molar-refractivity contribution in [3.8, 4) is 5.69 Å². The van der Waals surface area contributed by atoms with E-state index in [9.17, 15) is 4.39 Å². The van der Waals surface area contributed by atoms with E-state index in [0.717, 1.165) is 57.3 Å². The number of hydrogen-bond acceptors (Lipinski definition) is 4. The van der Waals surface area contributed by atoms with Crippen molar-refractivity contribution >= 4 is 29.9 Å². The molecule has 30 heavy (non-hydrogen) atoms. The van der Waals surface area contributed by atoms with Gasteiger partial charge in [-0.05, 0) is 37.5 Å². The number of ether oxygens (including phenoxy) is 2. The average Bonchev–Trinajstić information content (AvgIpc) is 3.43. The summed E-state index contributed by atoms with van der Waals surface area (Å²) in [6.07, 6.45) is 6.91. The maximum atomic E-state index is 14.4.